The minimum Gasteiger partial charge on any atom is -0.399 e. The number of benzene rings is 2. The van der Waals surface area contributed by atoms with Crippen molar-refractivity contribution in [2.75, 3.05) is 5.73 Å². The van der Waals surface area contributed by atoms with Crippen LogP contribution in [-0.2, 0) is 0 Å². The summed E-state index contributed by atoms with van der Waals surface area (Å²) in [6.07, 6.45) is 0. The van der Waals surface area contributed by atoms with Gasteiger partial charge in [-0.3, -0.25) is 4.79 Å². The number of nitrogen functional groups attached to an aromatic ring is 1. The number of carbonyl (C=O) groups is 1. The highest BCUT2D eigenvalue weighted by molar-refractivity contribution is 6.44. The lowest BCUT2D eigenvalue weighted by Crippen LogP contribution is -2.03. The Labute approximate surface area is 119 Å². The molecule has 0 aromatic heterocycles. The van der Waals surface area contributed by atoms with Gasteiger partial charge in [-0.05, 0) is 30.3 Å². The third-order valence-electron chi connectivity index (χ3n) is 2.38. The summed E-state index contributed by atoms with van der Waals surface area (Å²) in [5.74, 6) is -0.267. The SMILES string of the molecule is Nc1cc(Cl)cc(C(=O)c2cccc(Cl)c2Cl)c1. The van der Waals surface area contributed by atoms with Crippen molar-refractivity contribution in [2.24, 2.45) is 0 Å². The zero-order valence-corrected chi connectivity index (χ0v) is 11.4. The predicted octanol–water partition coefficient (Wildman–Crippen LogP) is 4.46. The van der Waals surface area contributed by atoms with Gasteiger partial charge in [0.15, 0.2) is 5.78 Å². The lowest BCUT2D eigenvalue weighted by Gasteiger charge is -2.06. The van der Waals surface area contributed by atoms with Crippen molar-refractivity contribution >= 4 is 46.3 Å². The predicted molar refractivity (Wildman–Crippen MR) is 75.8 cm³/mol. The van der Waals surface area contributed by atoms with Crippen LogP contribution < -0.4 is 5.73 Å². The van der Waals surface area contributed by atoms with Crippen molar-refractivity contribution in [3.05, 3.63) is 62.6 Å². The van der Waals surface area contributed by atoms with Crippen LogP contribution >= 0.6 is 34.8 Å². The van der Waals surface area contributed by atoms with Crippen LogP contribution in [0, 0.1) is 0 Å². The fourth-order valence-corrected chi connectivity index (χ4v) is 2.21. The van der Waals surface area contributed by atoms with Crippen molar-refractivity contribution in [3.8, 4) is 0 Å². The van der Waals surface area contributed by atoms with E-state index in [-0.39, 0.29) is 10.8 Å². The summed E-state index contributed by atoms with van der Waals surface area (Å²) in [5.41, 5.74) is 6.77. The fraction of sp³-hybridized carbons (Fsp3) is 0. The zero-order chi connectivity index (χ0) is 13.3. The lowest BCUT2D eigenvalue weighted by atomic mass is 10.0. The van der Waals surface area contributed by atoms with Crippen molar-refractivity contribution < 1.29 is 4.79 Å². The Morgan fingerprint density at radius 3 is 2.44 bits per heavy atom. The Balaban J connectivity index is 2.51. The molecule has 0 atom stereocenters. The molecular weight excluding hydrogens is 293 g/mol. The molecule has 0 aliphatic rings. The highest BCUT2D eigenvalue weighted by atomic mass is 35.5. The van der Waals surface area contributed by atoms with Crippen molar-refractivity contribution in [3.63, 3.8) is 0 Å². The van der Waals surface area contributed by atoms with E-state index in [1.165, 1.54) is 6.07 Å². The van der Waals surface area contributed by atoms with Gasteiger partial charge < -0.3 is 5.73 Å². The number of halogens is 3. The van der Waals surface area contributed by atoms with Gasteiger partial charge in [-0.15, -0.1) is 0 Å². The van der Waals surface area contributed by atoms with Crippen LogP contribution in [0.3, 0.4) is 0 Å². The number of carbonyl (C=O) groups excluding carboxylic acids is 1. The minimum atomic E-state index is -0.267. The molecule has 0 unspecified atom stereocenters. The molecule has 0 radical (unpaired) electrons. The fourth-order valence-electron chi connectivity index (χ4n) is 1.58. The van der Waals surface area contributed by atoms with Gasteiger partial charge in [0.1, 0.15) is 0 Å². The molecule has 2 N–H and O–H groups in total. The summed E-state index contributed by atoms with van der Waals surface area (Å²) < 4.78 is 0. The summed E-state index contributed by atoms with van der Waals surface area (Å²) >= 11 is 17.7. The monoisotopic (exact) mass is 299 g/mol. The van der Waals surface area contributed by atoms with Gasteiger partial charge in [0.2, 0.25) is 0 Å². The third-order valence-corrected chi connectivity index (χ3v) is 3.42. The molecule has 2 nitrogen and oxygen atoms in total. The first-order valence-electron chi connectivity index (χ1n) is 5.04. The van der Waals surface area contributed by atoms with Crippen LogP contribution in [0.25, 0.3) is 0 Å². The molecule has 0 fully saturated rings. The molecule has 0 spiro atoms. The molecule has 0 aliphatic heterocycles. The number of hydrogen-bond acceptors (Lipinski definition) is 2. The van der Waals surface area contributed by atoms with Crippen molar-refractivity contribution in [1.29, 1.82) is 0 Å². The van der Waals surface area contributed by atoms with Gasteiger partial charge in [-0.1, -0.05) is 40.9 Å². The maximum atomic E-state index is 12.3. The molecule has 2 rings (SSSR count). The average molecular weight is 301 g/mol. The molecule has 0 heterocycles. The van der Waals surface area contributed by atoms with E-state index in [2.05, 4.69) is 0 Å². The Morgan fingerprint density at radius 2 is 1.78 bits per heavy atom. The van der Waals surface area contributed by atoms with Crippen LogP contribution in [0.2, 0.25) is 15.1 Å². The maximum absolute atomic E-state index is 12.3. The molecular formula is C13H8Cl3NO. The second kappa shape index (κ2) is 5.19. The van der Waals surface area contributed by atoms with Crippen molar-refractivity contribution in [2.45, 2.75) is 0 Å². The molecule has 18 heavy (non-hydrogen) atoms. The maximum Gasteiger partial charge on any atom is 0.194 e. The van der Waals surface area contributed by atoms with Gasteiger partial charge in [0.05, 0.1) is 10.0 Å². The normalized spacial score (nSPS) is 10.4. The number of rotatable bonds is 2. The smallest absolute Gasteiger partial charge is 0.194 e. The summed E-state index contributed by atoms with van der Waals surface area (Å²) in [6.45, 7) is 0. The quantitative estimate of drug-likeness (QED) is 0.657. The number of ketones is 1. The molecule has 0 amide bonds. The van der Waals surface area contributed by atoms with Crippen LogP contribution in [-0.4, -0.2) is 5.78 Å². The molecule has 5 heteroatoms. The highest BCUT2D eigenvalue weighted by Gasteiger charge is 2.15. The molecule has 92 valence electrons. The highest BCUT2D eigenvalue weighted by Crippen LogP contribution is 2.28. The van der Waals surface area contributed by atoms with Crippen LogP contribution in [0.5, 0.6) is 0 Å². The van der Waals surface area contributed by atoms with Crippen LogP contribution in [0.4, 0.5) is 5.69 Å². The molecule has 2 aromatic rings. The summed E-state index contributed by atoms with van der Waals surface area (Å²) in [4.78, 5) is 12.3. The number of anilines is 1. The first kappa shape index (κ1) is 13.2. The third kappa shape index (κ3) is 2.61. The Morgan fingerprint density at radius 1 is 1.06 bits per heavy atom. The first-order valence-corrected chi connectivity index (χ1v) is 6.17. The van der Waals surface area contributed by atoms with E-state index in [0.717, 1.165) is 0 Å². The standard InChI is InChI=1S/C13H8Cl3NO/c14-8-4-7(5-9(17)6-8)13(18)10-2-1-3-11(15)12(10)16/h1-6H,17H2. The number of nitrogens with two attached hydrogens (primary N) is 1. The average Bonchev–Trinajstić information content (AvgIpc) is 2.30. The Kier molecular flexibility index (Phi) is 3.81. The van der Waals surface area contributed by atoms with E-state index >= 15 is 0 Å². The van der Waals surface area contributed by atoms with Gasteiger partial charge in [-0.2, -0.15) is 0 Å². The van der Waals surface area contributed by atoms with Crippen LogP contribution in [0.15, 0.2) is 36.4 Å². The van der Waals surface area contributed by atoms with Crippen molar-refractivity contribution in [1.82, 2.24) is 0 Å². The molecule has 0 saturated carbocycles. The Bertz CT molecular complexity index is 605. The van der Waals surface area contributed by atoms with Gasteiger partial charge in [0.25, 0.3) is 0 Å². The van der Waals surface area contributed by atoms with Gasteiger partial charge in [-0.25, -0.2) is 0 Å². The van der Waals surface area contributed by atoms with Gasteiger partial charge in [0, 0.05) is 21.8 Å². The molecule has 0 saturated heterocycles. The van der Waals surface area contributed by atoms with E-state index in [4.69, 9.17) is 40.5 Å². The second-order valence-electron chi connectivity index (χ2n) is 3.70. The lowest BCUT2D eigenvalue weighted by molar-refractivity contribution is 0.103. The van der Waals surface area contributed by atoms with E-state index in [1.807, 2.05) is 0 Å². The van der Waals surface area contributed by atoms with E-state index in [1.54, 1.807) is 30.3 Å². The van der Waals surface area contributed by atoms with Gasteiger partial charge >= 0.3 is 0 Å². The summed E-state index contributed by atoms with van der Waals surface area (Å²) in [7, 11) is 0. The summed E-state index contributed by atoms with van der Waals surface area (Å²) in [6, 6.07) is 9.54. The topological polar surface area (TPSA) is 43.1 Å². The Hall–Kier alpha value is -1.22. The zero-order valence-electron chi connectivity index (χ0n) is 9.08. The van der Waals surface area contributed by atoms with Crippen LogP contribution in [0.1, 0.15) is 15.9 Å². The largest absolute Gasteiger partial charge is 0.399 e. The molecule has 0 bridgehead atoms. The first-order chi connectivity index (χ1) is 8.49. The minimum absolute atomic E-state index is 0.225. The van der Waals surface area contributed by atoms with E-state index < -0.39 is 0 Å². The van der Waals surface area contributed by atoms with E-state index in [9.17, 15) is 4.79 Å². The van der Waals surface area contributed by atoms with E-state index in [0.29, 0.717) is 26.9 Å². The summed E-state index contributed by atoms with van der Waals surface area (Å²) in [5, 5.41) is 0.955. The molecule has 2 aromatic carbocycles. The number of hydrogen-bond donors (Lipinski definition) is 1. The second-order valence-corrected chi connectivity index (χ2v) is 4.93. The molecule has 0 aliphatic carbocycles.